The minimum Gasteiger partial charge on any atom is -0.382 e. The number of aromatic nitrogens is 6. The Balaban J connectivity index is 1.86. The lowest BCUT2D eigenvalue weighted by Crippen LogP contribution is -2.10. The van der Waals surface area contributed by atoms with Crippen LogP contribution in [0, 0.1) is 0 Å². The van der Waals surface area contributed by atoms with E-state index in [0.29, 0.717) is 15.6 Å². The van der Waals surface area contributed by atoms with Gasteiger partial charge in [-0.25, -0.2) is 15.0 Å². The van der Waals surface area contributed by atoms with Crippen LogP contribution in [0.5, 0.6) is 0 Å². The summed E-state index contributed by atoms with van der Waals surface area (Å²) >= 11 is 12.3. The maximum Gasteiger partial charge on any atom is 0.417 e. The van der Waals surface area contributed by atoms with Gasteiger partial charge in [-0.2, -0.15) is 13.2 Å². The number of hydrogen-bond donors (Lipinski definition) is 1. The van der Waals surface area contributed by atoms with Crippen LogP contribution >= 0.6 is 23.2 Å². The van der Waals surface area contributed by atoms with Crippen LogP contribution < -0.4 is 5.73 Å². The molecule has 7 nitrogen and oxygen atoms in total. The summed E-state index contributed by atoms with van der Waals surface area (Å²) < 4.78 is 41.6. The van der Waals surface area contributed by atoms with Gasteiger partial charge in [0.2, 0.25) is 0 Å². The molecule has 29 heavy (non-hydrogen) atoms. The number of rotatable bonds is 3. The molecule has 0 radical (unpaired) electrons. The molecule has 0 aromatic carbocycles. The predicted molar refractivity (Wildman–Crippen MR) is 100 cm³/mol. The van der Waals surface area contributed by atoms with Crippen LogP contribution in [0.4, 0.5) is 19.0 Å². The van der Waals surface area contributed by atoms with Gasteiger partial charge < -0.3 is 10.3 Å². The molecule has 4 rings (SSSR count). The van der Waals surface area contributed by atoms with E-state index in [1.807, 2.05) is 0 Å². The third-order valence-electron chi connectivity index (χ3n) is 4.14. The fourth-order valence-electron chi connectivity index (χ4n) is 2.77. The van der Waals surface area contributed by atoms with E-state index in [-0.39, 0.29) is 35.3 Å². The van der Waals surface area contributed by atoms with Gasteiger partial charge in [0.15, 0.2) is 23.2 Å². The van der Waals surface area contributed by atoms with Crippen molar-refractivity contribution in [1.82, 2.24) is 29.5 Å². The second kappa shape index (κ2) is 7.12. The van der Waals surface area contributed by atoms with E-state index >= 15 is 0 Å². The number of fused-ring (bicyclic) bond motifs is 1. The zero-order valence-electron chi connectivity index (χ0n) is 14.3. The molecule has 0 unspecified atom stereocenters. The summed E-state index contributed by atoms with van der Waals surface area (Å²) in [6, 6.07) is 0.864. The number of hydrogen-bond acceptors (Lipinski definition) is 6. The predicted octanol–water partition coefficient (Wildman–Crippen LogP) is 4.19. The van der Waals surface area contributed by atoms with Gasteiger partial charge in [0.1, 0.15) is 0 Å². The Morgan fingerprint density at radius 1 is 1.03 bits per heavy atom. The average Bonchev–Trinajstić information content (AvgIpc) is 3.12. The van der Waals surface area contributed by atoms with Gasteiger partial charge in [0, 0.05) is 35.9 Å². The molecule has 2 aliphatic heterocycles. The third-order valence-corrected chi connectivity index (χ3v) is 4.79. The van der Waals surface area contributed by atoms with Crippen LogP contribution in [0.2, 0.25) is 10.0 Å². The first-order valence-electron chi connectivity index (χ1n) is 8.03. The van der Waals surface area contributed by atoms with Crippen molar-refractivity contribution in [3.63, 3.8) is 0 Å². The smallest absolute Gasteiger partial charge is 0.382 e. The minimum absolute atomic E-state index is 0.0272. The van der Waals surface area contributed by atoms with Crippen molar-refractivity contribution in [2.24, 2.45) is 0 Å². The molecule has 0 spiro atoms. The number of anilines is 1. The molecule has 12 heteroatoms. The maximum atomic E-state index is 13.4. The average molecular weight is 440 g/mol. The fraction of sp³-hybridized carbons (Fsp3) is 0.118. The van der Waals surface area contributed by atoms with Gasteiger partial charge in [-0.3, -0.25) is 9.97 Å². The van der Waals surface area contributed by atoms with E-state index in [1.54, 1.807) is 4.57 Å². The van der Waals surface area contributed by atoms with E-state index in [2.05, 4.69) is 24.9 Å². The SMILES string of the molecule is Nc1ncn(Cc2c(Cl)cncc2Cl)c2nc(-c3cnccc3C(F)(F)F)nc1-2. The molecule has 2 aliphatic rings. The summed E-state index contributed by atoms with van der Waals surface area (Å²) in [5.74, 6) is 0.0913. The second-order valence-electron chi connectivity index (χ2n) is 5.98. The quantitative estimate of drug-likeness (QED) is 0.514. The lowest BCUT2D eigenvalue weighted by atomic mass is 10.1. The first kappa shape index (κ1) is 19.3. The summed E-state index contributed by atoms with van der Waals surface area (Å²) in [6.07, 6.45) is 1.76. The summed E-state index contributed by atoms with van der Waals surface area (Å²) in [4.78, 5) is 20.1. The van der Waals surface area contributed by atoms with Gasteiger partial charge in [0.05, 0.1) is 28.5 Å². The highest BCUT2D eigenvalue weighted by Gasteiger charge is 2.35. The molecule has 0 fully saturated rings. The molecule has 2 N–H and O–H groups in total. The lowest BCUT2D eigenvalue weighted by molar-refractivity contribution is -0.137. The molecule has 0 amide bonds. The van der Waals surface area contributed by atoms with E-state index < -0.39 is 11.7 Å². The molecule has 2 aromatic rings. The normalized spacial score (nSPS) is 11.9. The van der Waals surface area contributed by atoms with Crippen molar-refractivity contribution in [2.45, 2.75) is 12.7 Å². The Labute approximate surface area is 171 Å². The van der Waals surface area contributed by atoms with Gasteiger partial charge in [-0.05, 0) is 6.07 Å². The van der Waals surface area contributed by atoms with Gasteiger partial charge in [-0.15, -0.1) is 0 Å². The molecule has 0 saturated carbocycles. The molecule has 0 atom stereocenters. The Kier molecular flexibility index (Phi) is 4.75. The summed E-state index contributed by atoms with van der Waals surface area (Å²) in [6.45, 7) is 0.140. The van der Waals surface area contributed by atoms with E-state index in [0.717, 1.165) is 18.5 Å². The minimum atomic E-state index is -4.59. The number of nitrogens with two attached hydrogens (primary N) is 1. The zero-order chi connectivity index (χ0) is 20.8. The van der Waals surface area contributed by atoms with E-state index in [4.69, 9.17) is 28.9 Å². The highest BCUT2D eigenvalue weighted by Crippen LogP contribution is 2.37. The molecule has 0 aliphatic carbocycles. The number of nitrogens with zero attached hydrogens (tertiary/aromatic N) is 6. The molecule has 0 bridgehead atoms. The lowest BCUT2D eigenvalue weighted by Gasteiger charge is -2.13. The van der Waals surface area contributed by atoms with Crippen LogP contribution in [0.1, 0.15) is 11.1 Å². The van der Waals surface area contributed by atoms with Crippen molar-refractivity contribution in [1.29, 1.82) is 0 Å². The van der Waals surface area contributed by atoms with E-state index in [1.165, 1.54) is 18.7 Å². The number of nitrogen functional groups attached to an aromatic ring is 1. The van der Waals surface area contributed by atoms with Crippen molar-refractivity contribution in [3.8, 4) is 22.9 Å². The van der Waals surface area contributed by atoms with Crippen molar-refractivity contribution in [2.75, 3.05) is 5.73 Å². The standard InChI is InChI=1S/C17H10Cl2F3N7/c18-11-4-25-5-12(19)9(11)6-29-7-26-14(23)13-16(29)28-15(27-13)8-3-24-2-1-10(8)17(20,21)22/h1-5,7H,6,23H2. The van der Waals surface area contributed by atoms with Crippen molar-refractivity contribution < 1.29 is 13.2 Å². The van der Waals surface area contributed by atoms with E-state index in [9.17, 15) is 13.2 Å². The zero-order valence-corrected chi connectivity index (χ0v) is 15.8. The fourth-order valence-corrected chi connectivity index (χ4v) is 3.25. The Morgan fingerprint density at radius 2 is 1.76 bits per heavy atom. The number of imidazole rings is 1. The monoisotopic (exact) mass is 439 g/mol. The van der Waals surface area contributed by atoms with Crippen LogP contribution in [0.25, 0.3) is 22.9 Å². The largest absolute Gasteiger partial charge is 0.417 e. The number of pyridine rings is 2. The molecule has 148 valence electrons. The van der Waals surface area contributed by atoms with Gasteiger partial charge in [-0.1, -0.05) is 23.2 Å². The number of halogens is 5. The Morgan fingerprint density at radius 3 is 2.45 bits per heavy atom. The first-order valence-corrected chi connectivity index (χ1v) is 8.79. The van der Waals surface area contributed by atoms with Crippen molar-refractivity contribution in [3.05, 3.63) is 58.4 Å². The number of alkyl halides is 3. The summed E-state index contributed by atoms with van der Waals surface area (Å²) in [5, 5.41) is 0.641. The summed E-state index contributed by atoms with van der Waals surface area (Å²) in [7, 11) is 0. The van der Waals surface area contributed by atoms with Gasteiger partial charge >= 0.3 is 6.18 Å². The second-order valence-corrected chi connectivity index (χ2v) is 6.79. The molecular weight excluding hydrogens is 430 g/mol. The molecule has 0 saturated heterocycles. The Bertz CT molecular complexity index is 1160. The van der Waals surface area contributed by atoms with Crippen molar-refractivity contribution >= 4 is 29.0 Å². The molecule has 2 aromatic heterocycles. The molecule has 4 heterocycles. The third kappa shape index (κ3) is 3.56. The maximum absolute atomic E-state index is 13.4. The first-order chi connectivity index (χ1) is 13.8. The molecular formula is C17H10Cl2F3N7. The topological polar surface area (TPSA) is 95.4 Å². The van der Waals surface area contributed by atoms with Crippen LogP contribution in [0.3, 0.4) is 0 Å². The Hall–Kier alpha value is -2.98. The highest BCUT2D eigenvalue weighted by atomic mass is 35.5. The van der Waals surface area contributed by atoms with Crippen LogP contribution in [-0.2, 0) is 12.7 Å². The van der Waals surface area contributed by atoms with Crippen LogP contribution in [-0.4, -0.2) is 29.5 Å². The van der Waals surface area contributed by atoms with Gasteiger partial charge in [0.25, 0.3) is 0 Å². The summed E-state index contributed by atoms with van der Waals surface area (Å²) in [5.41, 5.74) is 5.40. The van der Waals surface area contributed by atoms with Crippen LogP contribution in [0.15, 0.2) is 37.2 Å². The highest BCUT2D eigenvalue weighted by molar-refractivity contribution is 6.35.